The maximum Gasteiger partial charge on any atom is 0.127 e. The van der Waals surface area contributed by atoms with Crippen LogP contribution in [0.3, 0.4) is 0 Å². The Morgan fingerprint density at radius 1 is 1.60 bits per heavy atom. The van der Waals surface area contributed by atoms with Crippen molar-refractivity contribution in [1.82, 2.24) is 19.9 Å². The molecule has 0 saturated heterocycles. The molecule has 0 radical (unpaired) electrons. The largest absolute Gasteiger partial charge is 0.385 e. The van der Waals surface area contributed by atoms with Gasteiger partial charge >= 0.3 is 0 Å². The molecule has 2 aromatic rings. The number of hydrogen-bond acceptors (Lipinski definition) is 4. The monoisotopic (exact) mass is 206 g/mol. The summed E-state index contributed by atoms with van der Waals surface area (Å²) in [7, 11) is 1.80. The van der Waals surface area contributed by atoms with Crippen LogP contribution < -0.4 is 5.32 Å². The Bertz CT molecular complexity index is 465. The first-order chi connectivity index (χ1) is 7.24. The average Bonchev–Trinajstić information content (AvgIpc) is 2.58. The van der Waals surface area contributed by atoms with E-state index in [1.165, 1.54) is 0 Å². The van der Waals surface area contributed by atoms with E-state index in [4.69, 9.17) is 0 Å². The predicted molar refractivity (Wildman–Crippen MR) is 56.6 cm³/mol. The van der Waals surface area contributed by atoms with E-state index in [2.05, 4.69) is 15.4 Å². The van der Waals surface area contributed by atoms with Crippen molar-refractivity contribution in [3.63, 3.8) is 0 Å². The molecule has 5 nitrogen and oxygen atoms in total. The van der Waals surface area contributed by atoms with E-state index in [9.17, 15) is 5.11 Å². The van der Waals surface area contributed by atoms with Crippen molar-refractivity contribution < 1.29 is 5.11 Å². The molecule has 15 heavy (non-hydrogen) atoms. The van der Waals surface area contributed by atoms with Crippen LogP contribution >= 0.6 is 0 Å². The lowest BCUT2D eigenvalue weighted by Gasteiger charge is -2.06. The van der Waals surface area contributed by atoms with Crippen LogP contribution in [0.4, 0.5) is 0 Å². The second-order valence-electron chi connectivity index (χ2n) is 3.44. The third-order valence-electron chi connectivity index (χ3n) is 2.31. The number of likely N-dealkylation sites (N-methyl/N-ethyl adjacent to an activating group) is 1. The van der Waals surface area contributed by atoms with Crippen LogP contribution in [-0.4, -0.2) is 33.3 Å². The van der Waals surface area contributed by atoms with Crippen molar-refractivity contribution in [2.45, 2.75) is 13.0 Å². The van der Waals surface area contributed by atoms with Gasteiger partial charge in [-0.05, 0) is 26.1 Å². The summed E-state index contributed by atoms with van der Waals surface area (Å²) in [6.45, 7) is 2.36. The van der Waals surface area contributed by atoms with E-state index in [1.807, 2.05) is 19.1 Å². The van der Waals surface area contributed by atoms with Crippen molar-refractivity contribution in [2.24, 2.45) is 0 Å². The number of rotatable bonds is 3. The number of aromatic nitrogens is 3. The molecule has 0 spiro atoms. The normalized spacial score (nSPS) is 13.3. The molecule has 80 valence electrons. The summed E-state index contributed by atoms with van der Waals surface area (Å²) < 4.78 is 1.73. The summed E-state index contributed by atoms with van der Waals surface area (Å²) in [5.74, 6) is 0.788. The topological polar surface area (TPSA) is 62.5 Å². The van der Waals surface area contributed by atoms with E-state index >= 15 is 0 Å². The Morgan fingerprint density at radius 2 is 2.40 bits per heavy atom. The zero-order chi connectivity index (χ0) is 10.8. The number of fused-ring (bicyclic) bond motifs is 1. The van der Waals surface area contributed by atoms with Crippen LogP contribution in [0.1, 0.15) is 17.6 Å². The molecular weight excluding hydrogens is 192 g/mol. The smallest absolute Gasteiger partial charge is 0.127 e. The highest BCUT2D eigenvalue weighted by Crippen LogP contribution is 2.17. The number of nitrogens with one attached hydrogen (secondary N) is 1. The molecule has 1 atom stereocenters. The molecule has 2 heterocycles. The minimum Gasteiger partial charge on any atom is -0.385 e. The number of aliphatic hydroxyl groups is 1. The molecule has 0 bridgehead atoms. The van der Waals surface area contributed by atoms with Crippen molar-refractivity contribution in [2.75, 3.05) is 13.6 Å². The lowest BCUT2D eigenvalue weighted by atomic mass is 10.2. The number of aryl methyl sites for hydroxylation is 1. The summed E-state index contributed by atoms with van der Waals surface area (Å²) in [6, 6.07) is 3.74. The summed E-state index contributed by atoms with van der Waals surface area (Å²) in [5, 5.41) is 17.0. The van der Waals surface area contributed by atoms with Gasteiger partial charge in [0.2, 0.25) is 0 Å². The van der Waals surface area contributed by atoms with Gasteiger partial charge in [0.05, 0.1) is 11.2 Å². The molecule has 5 heteroatoms. The van der Waals surface area contributed by atoms with Gasteiger partial charge in [-0.3, -0.25) is 0 Å². The van der Waals surface area contributed by atoms with E-state index in [1.54, 1.807) is 17.8 Å². The van der Waals surface area contributed by atoms with Gasteiger partial charge in [0.1, 0.15) is 11.9 Å². The zero-order valence-corrected chi connectivity index (χ0v) is 8.81. The molecule has 2 aromatic heterocycles. The van der Waals surface area contributed by atoms with Gasteiger partial charge < -0.3 is 10.4 Å². The van der Waals surface area contributed by atoms with E-state index in [0.717, 1.165) is 11.3 Å². The van der Waals surface area contributed by atoms with E-state index < -0.39 is 6.10 Å². The standard InChI is InChI=1S/C10H14N4O/c1-7-13-10(9(15)6-11-2)8-4-3-5-12-14(7)8/h3-5,9,11,15H,6H2,1-2H3. The number of imidazole rings is 1. The number of nitrogens with zero attached hydrogens (tertiary/aromatic N) is 3. The fourth-order valence-corrected chi connectivity index (χ4v) is 1.64. The number of aliphatic hydroxyl groups excluding tert-OH is 1. The average molecular weight is 206 g/mol. The quantitative estimate of drug-likeness (QED) is 0.757. The van der Waals surface area contributed by atoms with Crippen LogP contribution in [0.2, 0.25) is 0 Å². The lowest BCUT2D eigenvalue weighted by Crippen LogP contribution is -2.17. The van der Waals surface area contributed by atoms with Crippen LogP contribution in [0.15, 0.2) is 18.3 Å². The Labute approximate surface area is 87.8 Å². The van der Waals surface area contributed by atoms with Crippen molar-refractivity contribution in [3.05, 3.63) is 29.8 Å². The van der Waals surface area contributed by atoms with Gasteiger partial charge in [0, 0.05) is 12.7 Å². The first-order valence-electron chi connectivity index (χ1n) is 4.87. The fourth-order valence-electron chi connectivity index (χ4n) is 1.64. The molecule has 0 saturated carbocycles. The van der Waals surface area contributed by atoms with Gasteiger partial charge in [0.25, 0.3) is 0 Å². The van der Waals surface area contributed by atoms with Crippen LogP contribution in [0, 0.1) is 6.92 Å². The lowest BCUT2D eigenvalue weighted by molar-refractivity contribution is 0.175. The maximum atomic E-state index is 9.87. The third-order valence-corrected chi connectivity index (χ3v) is 2.31. The predicted octanol–water partition coefficient (Wildman–Crippen LogP) is 0.291. The molecule has 0 aromatic carbocycles. The second kappa shape index (κ2) is 3.96. The van der Waals surface area contributed by atoms with Crippen LogP contribution in [0.5, 0.6) is 0 Å². The van der Waals surface area contributed by atoms with Crippen LogP contribution in [0.25, 0.3) is 5.52 Å². The van der Waals surface area contributed by atoms with E-state index in [-0.39, 0.29) is 0 Å². The molecule has 0 aliphatic rings. The molecule has 0 amide bonds. The van der Waals surface area contributed by atoms with Gasteiger partial charge in [-0.25, -0.2) is 9.50 Å². The Hall–Kier alpha value is -1.46. The number of hydrogen-bond donors (Lipinski definition) is 2. The van der Waals surface area contributed by atoms with Gasteiger partial charge in [-0.15, -0.1) is 0 Å². The summed E-state index contributed by atoms with van der Waals surface area (Å²) in [6.07, 6.45) is 1.11. The molecule has 0 fully saturated rings. The molecule has 2 rings (SSSR count). The third kappa shape index (κ3) is 1.71. The minimum absolute atomic E-state index is 0.487. The molecule has 1 unspecified atom stereocenters. The first-order valence-corrected chi connectivity index (χ1v) is 4.87. The van der Waals surface area contributed by atoms with Crippen molar-refractivity contribution in [3.8, 4) is 0 Å². The second-order valence-corrected chi connectivity index (χ2v) is 3.44. The minimum atomic E-state index is -0.595. The van der Waals surface area contributed by atoms with Crippen molar-refractivity contribution in [1.29, 1.82) is 0 Å². The van der Waals surface area contributed by atoms with Gasteiger partial charge in [-0.1, -0.05) is 0 Å². The van der Waals surface area contributed by atoms with E-state index in [0.29, 0.717) is 12.2 Å². The summed E-state index contributed by atoms with van der Waals surface area (Å²) in [5.41, 5.74) is 1.53. The zero-order valence-electron chi connectivity index (χ0n) is 8.81. The molecule has 0 aliphatic carbocycles. The Morgan fingerprint density at radius 3 is 3.13 bits per heavy atom. The van der Waals surface area contributed by atoms with Crippen molar-refractivity contribution >= 4 is 5.52 Å². The van der Waals surface area contributed by atoms with Gasteiger partial charge in [0.15, 0.2) is 0 Å². The highest BCUT2D eigenvalue weighted by Gasteiger charge is 2.15. The van der Waals surface area contributed by atoms with Crippen LogP contribution in [-0.2, 0) is 0 Å². The Kier molecular flexibility index (Phi) is 2.66. The highest BCUT2D eigenvalue weighted by atomic mass is 16.3. The summed E-state index contributed by atoms with van der Waals surface area (Å²) >= 11 is 0. The fraction of sp³-hybridized carbons (Fsp3) is 0.400. The first kappa shape index (κ1) is 10.1. The maximum absolute atomic E-state index is 9.87. The Balaban J connectivity index is 2.52. The molecule has 2 N–H and O–H groups in total. The molecular formula is C10H14N4O. The summed E-state index contributed by atoms with van der Waals surface area (Å²) in [4.78, 5) is 4.32. The SMILES string of the molecule is CNCC(O)c1nc(C)n2ncccc12. The van der Waals surface area contributed by atoms with Gasteiger partial charge in [-0.2, -0.15) is 5.10 Å². The molecule has 0 aliphatic heterocycles. The highest BCUT2D eigenvalue weighted by molar-refractivity contribution is 5.52.